The summed E-state index contributed by atoms with van der Waals surface area (Å²) >= 11 is 11.8. The van der Waals surface area contributed by atoms with Gasteiger partial charge in [-0.1, -0.05) is 35.3 Å². The van der Waals surface area contributed by atoms with Crippen molar-refractivity contribution in [1.29, 1.82) is 0 Å². The fourth-order valence-corrected chi connectivity index (χ4v) is 3.45. The van der Waals surface area contributed by atoms with Crippen LogP contribution in [0.4, 0.5) is 10.1 Å². The predicted octanol–water partition coefficient (Wildman–Crippen LogP) is 4.72. The molecule has 0 fully saturated rings. The van der Waals surface area contributed by atoms with Gasteiger partial charge in [0.25, 0.3) is 0 Å². The second-order valence-electron chi connectivity index (χ2n) is 6.90. The topological polar surface area (TPSA) is 87.4 Å². The molecule has 1 atom stereocenters. The number of hydrogen-bond donors (Lipinski definition) is 3. The average Bonchev–Trinajstić information content (AvgIpc) is 2.93. The number of aliphatic hydroxyl groups excluding tert-OH is 1. The van der Waals surface area contributed by atoms with Crippen molar-refractivity contribution in [3.8, 4) is 0 Å². The minimum absolute atomic E-state index is 0.129. The van der Waals surface area contributed by atoms with E-state index in [0.29, 0.717) is 43.8 Å². The Balaban J connectivity index is 1.75. The minimum Gasteiger partial charge on any atom is -0.481 e. The molecule has 3 aromatic rings. The molecule has 158 valence electrons. The summed E-state index contributed by atoms with van der Waals surface area (Å²) in [6.07, 6.45) is -1.23. The van der Waals surface area contributed by atoms with Gasteiger partial charge in [-0.15, -0.1) is 0 Å². The van der Waals surface area contributed by atoms with Crippen LogP contribution >= 0.6 is 23.2 Å². The quantitative estimate of drug-likeness (QED) is 0.452. The third-order valence-corrected chi connectivity index (χ3v) is 5.53. The zero-order chi connectivity index (χ0) is 22.0. The number of aliphatic hydroxyl groups is 1. The van der Waals surface area contributed by atoms with Crippen LogP contribution in [0.5, 0.6) is 0 Å². The van der Waals surface area contributed by atoms with Crippen molar-refractivity contribution >= 4 is 34.9 Å². The number of aromatic nitrogens is 2. The maximum absolute atomic E-state index is 14.7. The molecule has 30 heavy (non-hydrogen) atoms. The Labute approximate surface area is 182 Å². The molecule has 0 saturated heterocycles. The predicted molar refractivity (Wildman–Crippen MR) is 114 cm³/mol. The SMILES string of the molecule is Cc1nn(Cc2ccc(NC(O)c3ccc(Cl)c(Cl)c3)cc2F)c(C)c1CC(=O)O. The lowest BCUT2D eigenvalue weighted by Gasteiger charge is -2.16. The van der Waals surface area contributed by atoms with Crippen LogP contribution in [0.3, 0.4) is 0 Å². The monoisotopic (exact) mass is 451 g/mol. The smallest absolute Gasteiger partial charge is 0.307 e. The van der Waals surface area contributed by atoms with Gasteiger partial charge < -0.3 is 15.5 Å². The van der Waals surface area contributed by atoms with E-state index in [1.165, 1.54) is 12.1 Å². The van der Waals surface area contributed by atoms with E-state index in [4.69, 9.17) is 28.3 Å². The van der Waals surface area contributed by atoms with Crippen LogP contribution < -0.4 is 5.32 Å². The van der Waals surface area contributed by atoms with Crippen molar-refractivity contribution in [1.82, 2.24) is 9.78 Å². The number of anilines is 1. The van der Waals surface area contributed by atoms with Crippen LogP contribution in [0.1, 0.15) is 34.3 Å². The summed E-state index contributed by atoms with van der Waals surface area (Å²) in [6.45, 7) is 3.66. The number of halogens is 3. The largest absolute Gasteiger partial charge is 0.481 e. The number of nitrogens with one attached hydrogen (secondary N) is 1. The molecule has 0 aliphatic heterocycles. The molecule has 3 rings (SSSR count). The normalized spacial score (nSPS) is 12.1. The highest BCUT2D eigenvalue weighted by Gasteiger charge is 2.16. The van der Waals surface area contributed by atoms with E-state index in [1.54, 1.807) is 42.8 Å². The van der Waals surface area contributed by atoms with Crippen molar-refractivity contribution in [3.05, 3.63) is 80.3 Å². The molecule has 9 heteroatoms. The maximum Gasteiger partial charge on any atom is 0.307 e. The van der Waals surface area contributed by atoms with E-state index < -0.39 is 18.0 Å². The highest BCUT2D eigenvalue weighted by Crippen LogP contribution is 2.27. The molecule has 0 bridgehead atoms. The van der Waals surface area contributed by atoms with E-state index in [-0.39, 0.29) is 13.0 Å². The lowest BCUT2D eigenvalue weighted by Crippen LogP contribution is -2.11. The Bertz CT molecular complexity index is 1100. The highest BCUT2D eigenvalue weighted by atomic mass is 35.5. The molecule has 3 N–H and O–H groups in total. The van der Waals surface area contributed by atoms with Crippen LogP contribution in [0, 0.1) is 19.7 Å². The van der Waals surface area contributed by atoms with Gasteiger partial charge in [-0.25, -0.2) is 4.39 Å². The molecule has 0 aliphatic rings. The van der Waals surface area contributed by atoms with Crippen molar-refractivity contribution in [2.24, 2.45) is 0 Å². The first-order chi connectivity index (χ1) is 14.2. The number of rotatable bonds is 7. The summed E-state index contributed by atoms with van der Waals surface area (Å²) in [4.78, 5) is 11.0. The fourth-order valence-electron chi connectivity index (χ4n) is 3.15. The number of hydrogen-bond acceptors (Lipinski definition) is 4. The Morgan fingerprint density at radius 2 is 1.93 bits per heavy atom. The number of aliphatic carboxylic acids is 1. The Kier molecular flexibility index (Phi) is 6.65. The Morgan fingerprint density at radius 3 is 2.57 bits per heavy atom. The van der Waals surface area contributed by atoms with Gasteiger partial charge in [0.1, 0.15) is 5.82 Å². The summed E-state index contributed by atoms with van der Waals surface area (Å²) < 4.78 is 16.2. The molecule has 6 nitrogen and oxygen atoms in total. The Morgan fingerprint density at radius 1 is 1.20 bits per heavy atom. The lowest BCUT2D eigenvalue weighted by molar-refractivity contribution is -0.136. The summed E-state index contributed by atoms with van der Waals surface area (Å²) in [5.74, 6) is -1.42. The van der Waals surface area contributed by atoms with E-state index in [1.807, 2.05) is 0 Å². The number of aryl methyl sites for hydroxylation is 1. The molecule has 1 unspecified atom stereocenters. The van der Waals surface area contributed by atoms with Gasteiger partial charge in [0.15, 0.2) is 6.23 Å². The first-order valence-corrected chi connectivity index (χ1v) is 9.84. The van der Waals surface area contributed by atoms with Crippen LogP contribution in [0.15, 0.2) is 36.4 Å². The number of carboxylic acids is 1. The van der Waals surface area contributed by atoms with E-state index >= 15 is 0 Å². The third-order valence-electron chi connectivity index (χ3n) is 4.80. The van der Waals surface area contributed by atoms with Gasteiger partial charge in [-0.05, 0) is 38.1 Å². The zero-order valence-electron chi connectivity index (χ0n) is 16.3. The van der Waals surface area contributed by atoms with E-state index in [0.717, 1.165) is 0 Å². The highest BCUT2D eigenvalue weighted by molar-refractivity contribution is 6.42. The number of carboxylic acid groups (broad SMARTS) is 1. The van der Waals surface area contributed by atoms with Gasteiger partial charge in [0, 0.05) is 28.1 Å². The van der Waals surface area contributed by atoms with Gasteiger partial charge in [-0.2, -0.15) is 5.10 Å². The minimum atomic E-state index is -1.10. The van der Waals surface area contributed by atoms with Crippen LogP contribution in [-0.2, 0) is 17.8 Å². The summed E-state index contributed by atoms with van der Waals surface area (Å²) in [6, 6.07) is 9.23. The van der Waals surface area contributed by atoms with Gasteiger partial charge in [-0.3, -0.25) is 9.48 Å². The number of nitrogens with zero attached hydrogens (tertiary/aromatic N) is 2. The van der Waals surface area contributed by atoms with Gasteiger partial charge in [0.05, 0.1) is 28.7 Å². The molecule has 0 radical (unpaired) electrons. The standard InChI is InChI=1S/C21H20Cl2FN3O3/c1-11-16(9-20(28)29)12(2)27(26-11)10-14-3-5-15(8-19(14)24)25-21(30)13-4-6-17(22)18(23)7-13/h3-8,21,25,30H,9-10H2,1-2H3,(H,28,29). The first-order valence-electron chi connectivity index (χ1n) is 9.08. The molecular formula is C21H20Cl2FN3O3. The van der Waals surface area contributed by atoms with Crippen molar-refractivity contribution in [2.45, 2.75) is 33.0 Å². The fraction of sp³-hybridized carbons (Fsp3) is 0.238. The van der Waals surface area contributed by atoms with Crippen molar-refractivity contribution in [3.63, 3.8) is 0 Å². The van der Waals surface area contributed by atoms with Crippen LogP contribution in [0.25, 0.3) is 0 Å². The van der Waals surface area contributed by atoms with E-state index in [2.05, 4.69) is 10.4 Å². The maximum atomic E-state index is 14.7. The third kappa shape index (κ3) is 4.92. The zero-order valence-corrected chi connectivity index (χ0v) is 17.8. The van der Waals surface area contributed by atoms with Crippen LogP contribution in [-0.4, -0.2) is 26.0 Å². The van der Waals surface area contributed by atoms with Crippen LogP contribution in [0.2, 0.25) is 10.0 Å². The van der Waals surface area contributed by atoms with Gasteiger partial charge >= 0.3 is 5.97 Å². The number of benzene rings is 2. The molecule has 2 aromatic carbocycles. The molecule has 1 aromatic heterocycles. The Hall–Kier alpha value is -2.61. The summed E-state index contributed by atoms with van der Waals surface area (Å²) in [5, 5.41) is 27.2. The lowest BCUT2D eigenvalue weighted by atomic mass is 10.1. The second-order valence-corrected chi connectivity index (χ2v) is 7.72. The first kappa shape index (κ1) is 22.1. The van der Waals surface area contributed by atoms with Crippen molar-refractivity contribution < 1.29 is 19.4 Å². The molecule has 0 spiro atoms. The summed E-state index contributed by atoms with van der Waals surface area (Å²) in [7, 11) is 0. The average molecular weight is 452 g/mol. The molecule has 0 aliphatic carbocycles. The van der Waals surface area contributed by atoms with E-state index in [9.17, 15) is 14.3 Å². The molecule has 0 saturated carbocycles. The van der Waals surface area contributed by atoms with Crippen molar-refractivity contribution in [2.75, 3.05) is 5.32 Å². The summed E-state index contributed by atoms with van der Waals surface area (Å²) in [5.41, 5.74) is 3.19. The molecular weight excluding hydrogens is 432 g/mol. The number of carbonyl (C=O) groups is 1. The van der Waals surface area contributed by atoms with Gasteiger partial charge in [0.2, 0.25) is 0 Å². The molecule has 0 amide bonds. The molecule has 1 heterocycles. The second kappa shape index (κ2) is 9.04.